The fourth-order valence-corrected chi connectivity index (χ4v) is 3.86. The van der Waals surface area contributed by atoms with E-state index >= 15 is 0 Å². The number of aliphatic hydroxyl groups excluding tert-OH is 1. The molecule has 7 nitrogen and oxygen atoms in total. The molecule has 3 aromatic rings. The lowest BCUT2D eigenvalue weighted by Gasteiger charge is -2.26. The number of aromatic nitrogens is 1. The van der Waals surface area contributed by atoms with Gasteiger partial charge in [-0.1, -0.05) is 18.2 Å². The van der Waals surface area contributed by atoms with Crippen LogP contribution in [0.3, 0.4) is 0 Å². The first-order valence-corrected chi connectivity index (χ1v) is 9.99. The van der Waals surface area contributed by atoms with Crippen molar-refractivity contribution in [3.63, 3.8) is 0 Å². The van der Waals surface area contributed by atoms with Crippen LogP contribution in [0, 0.1) is 0 Å². The lowest BCUT2D eigenvalue weighted by Crippen LogP contribution is -2.29. The van der Waals surface area contributed by atoms with Gasteiger partial charge in [-0.05, 0) is 48.0 Å². The lowest BCUT2D eigenvalue weighted by atomic mass is 9.95. The highest BCUT2D eigenvalue weighted by Gasteiger charge is 2.46. The van der Waals surface area contributed by atoms with E-state index in [0.717, 1.165) is 5.56 Å². The molecule has 7 heteroatoms. The average Bonchev–Trinajstić information content (AvgIpc) is 3.09. The number of pyridine rings is 1. The summed E-state index contributed by atoms with van der Waals surface area (Å²) in [6.07, 6.45) is 3.18. The molecule has 32 heavy (non-hydrogen) atoms. The van der Waals surface area contributed by atoms with Gasteiger partial charge in [0, 0.05) is 23.5 Å². The minimum Gasteiger partial charge on any atom is -0.507 e. The number of para-hydroxylation sites is 1. The van der Waals surface area contributed by atoms with E-state index in [9.17, 15) is 14.7 Å². The Kier molecular flexibility index (Phi) is 5.89. The van der Waals surface area contributed by atoms with Crippen LogP contribution in [0.2, 0.25) is 0 Å². The zero-order valence-corrected chi connectivity index (χ0v) is 17.7. The van der Waals surface area contributed by atoms with Crippen LogP contribution in [-0.4, -0.2) is 40.9 Å². The molecule has 1 aliphatic heterocycles. The largest absolute Gasteiger partial charge is 0.507 e. The van der Waals surface area contributed by atoms with Crippen LogP contribution >= 0.6 is 0 Å². The van der Waals surface area contributed by atoms with Crippen molar-refractivity contribution < 1.29 is 24.2 Å². The van der Waals surface area contributed by atoms with Crippen molar-refractivity contribution >= 4 is 17.4 Å². The van der Waals surface area contributed by atoms with Gasteiger partial charge in [0.1, 0.15) is 17.3 Å². The molecule has 2 aromatic carbocycles. The van der Waals surface area contributed by atoms with Crippen LogP contribution in [0.4, 0.5) is 0 Å². The number of ketones is 1. The molecular formula is C25H22N2O5. The molecule has 1 fully saturated rings. The first-order chi connectivity index (χ1) is 15.5. The normalized spacial score (nSPS) is 17.4. The number of nitrogens with zero attached hydrogens (tertiary/aromatic N) is 2. The Morgan fingerprint density at radius 1 is 0.969 bits per heavy atom. The molecule has 0 aliphatic carbocycles. The number of amides is 1. The first-order valence-electron chi connectivity index (χ1n) is 9.99. The Balaban J connectivity index is 1.84. The fraction of sp³-hybridized carbons (Fsp3) is 0.160. The monoisotopic (exact) mass is 430 g/mol. The Morgan fingerprint density at radius 3 is 2.31 bits per heavy atom. The van der Waals surface area contributed by atoms with Gasteiger partial charge in [-0.15, -0.1) is 0 Å². The van der Waals surface area contributed by atoms with E-state index in [0.29, 0.717) is 22.6 Å². The number of hydrogen-bond donors (Lipinski definition) is 1. The van der Waals surface area contributed by atoms with Gasteiger partial charge in [0.2, 0.25) is 0 Å². The summed E-state index contributed by atoms with van der Waals surface area (Å²) in [4.78, 5) is 31.7. The molecule has 2 heterocycles. The standard InChI is InChI=1S/C25H22N2O5/c1-31-19-9-7-17(8-10-19)23(28)21-22(16-11-13-26-14-12-16)27(25(30)24(21)29)15-18-5-3-4-6-20(18)32-2/h3-14,22,28H,15H2,1-2H3/b23-21+. The van der Waals surface area contributed by atoms with Gasteiger partial charge >= 0.3 is 0 Å². The van der Waals surface area contributed by atoms with E-state index in [2.05, 4.69) is 4.98 Å². The number of carbonyl (C=O) groups excluding carboxylic acids is 2. The first kappa shape index (κ1) is 21.1. The summed E-state index contributed by atoms with van der Waals surface area (Å²) < 4.78 is 10.6. The molecule has 0 saturated carbocycles. The summed E-state index contributed by atoms with van der Waals surface area (Å²) >= 11 is 0. The maximum absolute atomic E-state index is 13.1. The van der Waals surface area contributed by atoms with Gasteiger partial charge < -0.3 is 19.5 Å². The summed E-state index contributed by atoms with van der Waals surface area (Å²) in [5, 5.41) is 11.1. The molecule has 0 radical (unpaired) electrons. The van der Waals surface area contributed by atoms with Crippen molar-refractivity contribution in [2.24, 2.45) is 0 Å². The van der Waals surface area contributed by atoms with Crippen molar-refractivity contribution in [2.45, 2.75) is 12.6 Å². The third kappa shape index (κ3) is 3.80. The molecule has 0 spiro atoms. The van der Waals surface area contributed by atoms with Crippen LogP contribution in [0.15, 0.2) is 78.6 Å². The van der Waals surface area contributed by atoms with Crippen LogP contribution in [0.25, 0.3) is 5.76 Å². The van der Waals surface area contributed by atoms with Crippen molar-refractivity contribution in [2.75, 3.05) is 14.2 Å². The molecule has 1 atom stereocenters. The number of hydrogen-bond acceptors (Lipinski definition) is 6. The van der Waals surface area contributed by atoms with Crippen LogP contribution in [0.5, 0.6) is 11.5 Å². The number of benzene rings is 2. The van der Waals surface area contributed by atoms with Gasteiger partial charge in [0.15, 0.2) is 0 Å². The quantitative estimate of drug-likeness (QED) is 0.364. The van der Waals surface area contributed by atoms with E-state index in [1.165, 1.54) is 4.90 Å². The smallest absolute Gasteiger partial charge is 0.295 e. The van der Waals surface area contributed by atoms with Crippen molar-refractivity contribution in [3.05, 3.63) is 95.3 Å². The van der Waals surface area contributed by atoms with Gasteiger partial charge in [0.05, 0.1) is 32.4 Å². The van der Waals surface area contributed by atoms with Crippen LogP contribution in [-0.2, 0) is 16.1 Å². The van der Waals surface area contributed by atoms with E-state index in [4.69, 9.17) is 9.47 Å². The third-order valence-corrected chi connectivity index (χ3v) is 5.46. The molecular weight excluding hydrogens is 408 g/mol. The molecule has 4 rings (SSSR count). The predicted octanol–water partition coefficient (Wildman–Crippen LogP) is 3.72. The number of aliphatic hydroxyl groups is 1. The fourth-order valence-electron chi connectivity index (χ4n) is 3.86. The topological polar surface area (TPSA) is 89.0 Å². The number of methoxy groups -OCH3 is 2. The van der Waals surface area contributed by atoms with E-state index < -0.39 is 17.7 Å². The molecule has 162 valence electrons. The van der Waals surface area contributed by atoms with Crippen LogP contribution < -0.4 is 9.47 Å². The van der Waals surface area contributed by atoms with E-state index in [-0.39, 0.29) is 17.9 Å². The second-order valence-corrected chi connectivity index (χ2v) is 7.25. The van der Waals surface area contributed by atoms with E-state index in [1.807, 2.05) is 18.2 Å². The molecule has 1 N–H and O–H groups in total. The van der Waals surface area contributed by atoms with Crippen molar-refractivity contribution in [3.8, 4) is 11.5 Å². The molecule has 1 saturated heterocycles. The maximum Gasteiger partial charge on any atom is 0.295 e. The minimum atomic E-state index is -0.773. The van der Waals surface area contributed by atoms with Crippen molar-refractivity contribution in [1.82, 2.24) is 9.88 Å². The van der Waals surface area contributed by atoms with Crippen LogP contribution in [0.1, 0.15) is 22.7 Å². The zero-order valence-electron chi connectivity index (χ0n) is 17.7. The zero-order chi connectivity index (χ0) is 22.7. The Labute approximate surface area is 185 Å². The second kappa shape index (κ2) is 8.93. The van der Waals surface area contributed by atoms with E-state index in [1.54, 1.807) is 69.1 Å². The predicted molar refractivity (Wildman–Crippen MR) is 118 cm³/mol. The van der Waals surface area contributed by atoms with Gasteiger partial charge in [-0.3, -0.25) is 14.6 Å². The summed E-state index contributed by atoms with van der Waals surface area (Å²) in [5.74, 6) is -0.444. The molecule has 1 aromatic heterocycles. The number of ether oxygens (including phenoxy) is 2. The Bertz CT molecular complexity index is 1170. The Morgan fingerprint density at radius 2 is 1.66 bits per heavy atom. The maximum atomic E-state index is 13.1. The van der Waals surface area contributed by atoms with Crippen molar-refractivity contribution in [1.29, 1.82) is 0 Å². The minimum absolute atomic E-state index is 0.0289. The highest BCUT2D eigenvalue weighted by atomic mass is 16.5. The highest BCUT2D eigenvalue weighted by Crippen LogP contribution is 2.40. The van der Waals surface area contributed by atoms with Gasteiger partial charge in [-0.25, -0.2) is 0 Å². The summed E-state index contributed by atoms with van der Waals surface area (Å²) in [6.45, 7) is 0.140. The molecule has 0 bridgehead atoms. The number of likely N-dealkylation sites (tertiary alicyclic amines) is 1. The summed E-state index contributed by atoms with van der Waals surface area (Å²) in [7, 11) is 3.10. The molecule has 1 unspecified atom stereocenters. The molecule has 1 amide bonds. The van der Waals surface area contributed by atoms with Gasteiger partial charge in [0.25, 0.3) is 11.7 Å². The SMILES string of the molecule is COc1ccc(/C(O)=C2\C(=O)C(=O)N(Cc3ccccc3OC)C2c2ccncc2)cc1. The number of Topliss-reactive ketones (excluding diaryl/α,β-unsaturated/α-hetero) is 1. The second-order valence-electron chi connectivity index (χ2n) is 7.25. The average molecular weight is 430 g/mol. The summed E-state index contributed by atoms with van der Waals surface area (Å²) in [5.41, 5.74) is 1.87. The summed E-state index contributed by atoms with van der Waals surface area (Å²) in [6, 6.07) is 16.6. The number of rotatable bonds is 6. The van der Waals surface area contributed by atoms with Gasteiger partial charge in [-0.2, -0.15) is 0 Å². The third-order valence-electron chi connectivity index (χ3n) is 5.46. The molecule has 1 aliphatic rings. The number of carbonyl (C=O) groups is 2. The highest BCUT2D eigenvalue weighted by molar-refractivity contribution is 6.46. The Hall–Kier alpha value is -4.13. The lowest BCUT2D eigenvalue weighted by molar-refractivity contribution is -0.140.